The van der Waals surface area contributed by atoms with E-state index in [1.54, 1.807) is 0 Å². The van der Waals surface area contributed by atoms with Crippen LogP contribution >= 0.6 is 22.6 Å². The first-order chi connectivity index (χ1) is 15.0. The van der Waals surface area contributed by atoms with Crippen LogP contribution in [0.3, 0.4) is 0 Å². The molecule has 2 aliphatic carbocycles. The van der Waals surface area contributed by atoms with Gasteiger partial charge in [-0.15, -0.1) is 0 Å². The molecule has 4 rings (SSSR count). The molecule has 8 heteroatoms. The standard InChI is InChI=1S/C23H31IN6O/c1-30(2)21-17-7-3-5-9-19(17)27-22(29-21)25-15-11-13-16(14-12-15)26-23(31)28-20-10-6-4-8-18(20)24/h4,6,8,10,15-16H,3,5,7,9,11-14H2,1-2H3,(H,25,27,29)(H2,26,28,31)/t15-,16+. The number of hydrogen-bond donors (Lipinski definition) is 3. The van der Waals surface area contributed by atoms with Gasteiger partial charge in [-0.3, -0.25) is 0 Å². The highest BCUT2D eigenvalue weighted by Gasteiger charge is 2.25. The maximum Gasteiger partial charge on any atom is 0.319 e. The van der Waals surface area contributed by atoms with Gasteiger partial charge in [-0.2, -0.15) is 4.98 Å². The number of hydrogen-bond acceptors (Lipinski definition) is 5. The van der Waals surface area contributed by atoms with Crippen molar-refractivity contribution in [2.45, 2.75) is 63.5 Å². The van der Waals surface area contributed by atoms with Gasteiger partial charge in [0.05, 0.1) is 11.4 Å². The smallest absolute Gasteiger partial charge is 0.319 e. The lowest BCUT2D eigenvalue weighted by atomic mass is 9.91. The van der Waals surface area contributed by atoms with Crippen molar-refractivity contribution in [1.82, 2.24) is 15.3 Å². The van der Waals surface area contributed by atoms with Crippen LogP contribution in [-0.4, -0.2) is 42.2 Å². The van der Waals surface area contributed by atoms with Crippen molar-refractivity contribution in [3.8, 4) is 0 Å². The molecule has 2 aromatic rings. The van der Waals surface area contributed by atoms with E-state index in [4.69, 9.17) is 9.97 Å². The fraction of sp³-hybridized carbons (Fsp3) is 0.522. The third-order valence-electron chi connectivity index (χ3n) is 6.10. The highest BCUT2D eigenvalue weighted by atomic mass is 127. The number of aryl methyl sites for hydroxylation is 1. The maximum atomic E-state index is 12.4. The van der Waals surface area contributed by atoms with Gasteiger partial charge in [0.2, 0.25) is 5.95 Å². The molecule has 1 saturated carbocycles. The summed E-state index contributed by atoms with van der Waals surface area (Å²) < 4.78 is 1.03. The molecule has 31 heavy (non-hydrogen) atoms. The van der Waals surface area contributed by atoms with Crippen LogP contribution in [0.5, 0.6) is 0 Å². The van der Waals surface area contributed by atoms with E-state index in [0.29, 0.717) is 6.04 Å². The number of nitrogens with one attached hydrogen (secondary N) is 3. The molecule has 0 radical (unpaired) electrons. The Labute approximate surface area is 197 Å². The van der Waals surface area contributed by atoms with Gasteiger partial charge in [-0.1, -0.05) is 12.1 Å². The Kier molecular flexibility index (Phi) is 7.14. The topological polar surface area (TPSA) is 82.2 Å². The van der Waals surface area contributed by atoms with Crippen LogP contribution in [0.1, 0.15) is 49.8 Å². The Morgan fingerprint density at radius 1 is 1.03 bits per heavy atom. The molecular weight excluding hydrogens is 503 g/mol. The molecule has 2 amide bonds. The van der Waals surface area contributed by atoms with Gasteiger partial charge < -0.3 is 20.9 Å². The van der Waals surface area contributed by atoms with E-state index in [9.17, 15) is 4.79 Å². The van der Waals surface area contributed by atoms with Crippen LogP contribution in [0, 0.1) is 3.57 Å². The number of amides is 2. The van der Waals surface area contributed by atoms with Crippen molar-refractivity contribution in [2.75, 3.05) is 29.6 Å². The van der Waals surface area contributed by atoms with Gasteiger partial charge in [0.25, 0.3) is 0 Å². The van der Waals surface area contributed by atoms with Gasteiger partial charge in [0, 0.05) is 35.3 Å². The first kappa shape index (κ1) is 22.1. The van der Waals surface area contributed by atoms with Crippen LogP contribution < -0.4 is 20.9 Å². The number of carbonyl (C=O) groups excluding carboxylic acids is 1. The number of anilines is 3. The molecule has 0 aliphatic heterocycles. The summed E-state index contributed by atoms with van der Waals surface area (Å²) in [5, 5.41) is 9.65. The third kappa shape index (κ3) is 5.58. The summed E-state index contributed by atoms with van der Waals surface area (Å²) in [5.74, 6) is 1.80. The number of para-hydroxylation sites is 1. The molecular formula is C23H31IN6O. The Balaban J connectivity index is 1.31. The molecule has 3 N–H and O–H groups in total. The number of aromatic nitrogens is 2. The largest absolute Gasteiger partial charge is 0.362 e. The SMILES string of the molecule is CN(C)c1nc(N[C@H]2CC[C@@H](NC(=O)Nc3ccccc3I)CC2)nc2c1CCCC2. The minimum Gasteiger partial charge on any atom is -0.362 e. The number of rotatable bonds is 5. The maximum absolute atomic E-state index is 12.4. The summed E-state index contributed by atoms with van der Waals surface area (Å²) in [4.78, 5) is 24.1. The van der Waals surface area contributed by atoms with Crippen molar-refractivity contribution < 1.29 is 4.79 Å². The number of halogens is 1. The number of urea groups is 1. The number of nitrogens with zero attached hydrogens (tertiary/aromatic N) is 3. The molecule has 2 aliphatic rings. The first-order valence-electron chi connectivity index (χ1n) is 11.2. The highest BCUT2D eigenvalue weighted by molar-refractivity contribution is 14.1. The number of benzene rings is 1. The average Bonchev–Trinajstić information content (AvgIpc) is 2.76. The molecule has 166 valence electrons. The molecule has 0 bridgehead atoms. The second-order valence-electron chi connectivity index (χ2n) is 8.67. The summed E-state index contributed by atoms with van der Waals surface area (Å²) in [7, 11) is 4.11. The molecule has 7 nitrogen and oxygen atoms in total. The van der Waals surface area contributed by atoms with Crippen molar-refractivity contribution >= 4 is 46.1 Å². The number of carbonyl (C=O) groups is 1. The lowest BCUT2D eigenvalue weighted by Gasteiger charge is -2.30. The summed E-state index contributed by atoms with van der Waals surface area (Å²) in [6.45, 7) is 0. The Hall–Kier alpha value is -2.10. The Bertz CT molecular complexity index is 926. The minimum absolute atomic E-state index is 0.130. The quantitative estimate of drug-likeness (QED) is 0.490. The van der Waals surface area contributed by atoms with Crippen LogP contribution in [0.2, 0.25) is 0 Å². The molecule has 0 spiro atoms. The second kappa shape index (κ2) is 10.0. The minimum atomic E-state index is -0.130. The average molecular weight is 534 g/mol. The Morgan fingerprint density at radius 3 is 2.48 bits per heavy atom. The predicted octanol–water partition coefficient (Wildman–Crippen LogP) is 4.57. The molecule has 0 atom stereocenters. The van der Waals surface area contributed by atoms with Crippen LogP contribution in [0.4, 0.5) is 22.2 Å². The van der Waals surface area contributed by atoms with Gasteiger partial charge >= 0.3 is 6.03 Å². The lowest BCUT2D eigenvalue weighted by Crippen LogP contribution is -2.42. The highest BCUT2D eigenvalue weighted by Crippen LogP contribution is 2.29. The lowest BCUT2D eigenvalue weighted by molar-refractivity contribution is 0.243. The molecule has 1 heterocycles. The summed E-state index contributed by atoms with van der Waals surface area (Å²) in [6.07, 6.45) is 8.42. The molecule has 1 aromatic carbocycles. The van der Waals surface area contributed by atoms with E-state index in [1.807, 2.05) is 24.3 Å². The van der Waals surface area contributed by atoms with E-state index in [1.165, 1.54) is 24.1 Å². The van der Waals surface area contributed by atoms with Crippen molar-refractivity contribution in [1.29, 1.82) is 0 Å². The monoisotopic (exact) mass is 534 g/mol. The fourth-order valence-electron chi connectivity index (χ4n) is 4.48. The van der Waals surface area contributed by atoms with E-state index in [-0.39, 0.29) is 12.1 Å². The summed E-state index contributed by atoms with van der Waals surface area (Å²) >= 11 is 2.23. The fourth-order valence-corrected chi connectivity index (χ4v) is 5.00. The van der Waals surface area contributed by atoms with Crippen LogP contribution in [0.15, 0.2) is 24.3 Å². The summed E-state index contributed by atoms with van der Waals surface area (Å²) in [5.41, 5.74) is 3.36. The molecule has 0 saturated heterocycles. The number of fused-ring (bicyclic) bond motifs is 1. The van der Waals surface area contributed by atoms with Crippen molar-refractivity contribution in [3.05, 3.63) is 39.1 Å². The predicted molar refractivity (Wildman–Crippen MR) is 134 cm³/mol. The molecule has 1 aromatic heterocycles. The van der Waals surface area contributed by atoms with Crippen LogP contribution in [-0.2, 0) is 12.8 Å². The van der Waals surface area contributed by atoms with E-state index >= 15 is 0 Å². The molecule has 0 unspecified atom stereocenters. The summed E-state index contributed by atoms with van der Waals surface area (Å²) in [6, 6.07) is 8.20. The van der Waals surface area contributed by atoms with E-state index in [2.05, 4.69) is 57.5 Å². The van der Waals surface area contributed by atoms with Gasteiger partial charge in [0.15, 0.2) is 0 Å². The van der Waals surface area contributed by atoms with E-state index in [0.717, 1.165) is 59.5 Å². The first-order valence-corrected chi connectivity index (χ1v) is 12.2. The Morgan fingerprint density at radius 2 is 1.74 bits per heavy atom. The van der Waals surface area contributed by atoms with E-state index < -0.39 is 0 Å². The zero-order valence-corrected chi connectivity index (χ0v) is 20.4. The normalized spacial score (nSPS) is 20.5. The van der Waals surface area contributed by atoms with Crippen LogP contribution in [0.25, 0.3) is 0 Å². The van der Waals surface area contributed by atoms with Gasteiger partial charge in [0.1, 0.15) is 5.82 Å². The van der Waals surface area contributed by atoms with Gasteiger partial charge in [-0.05, 0) is 86.1 Å². The van der Waals surface area contributed by atoms with Crippen molar-refractivity contribution in [3.63, 3.8) is 0 Å². The zero-order chi connectivity index (χ0) is 21.8. The zero-order valence-electron chi connectivity index (χ0n) is 18.2. The molecule has 1 fully saturated rings. The van der Waals surface area contributed by atoms with Crippen molar-refractivity contribution in [2.24, 2.45) is 0 Å². The van der Waals surface area contributed by atoms with Gasteiger partial charge in [-0.25, -0.2) is 9.78 Å². The second-order valence-corrected chi connectivity index (χ2v) is 9.83. The third-order valence-corrected chi connectivity index (χ3v) is 7.04.